The van der Waals surface area contributed by atoms with Crippen LogP contribution in [0.2, 0.25) is 0 Å². The zero-order chi connectivity index (χ0) is 18.0. The first-order valence-electron chi connectivity index (χ1n) is 8.07. The molecular formula is C19H20N4O2. The van der Waals surface area contributed by atoms with Crippen molar-refractivity contribution in [3.8, 4) is 0 Å². The molecule has 3 N–H and O–H groups in total. The van der Waals surface area contributed by atoms with Crippen molar-refractivity contribution in [3.05, 3.63) is 60.2 Å². The van der Waals surface area contributed by atoms with Crippen molar-refractivity contribution in [2.75, 3.05) is 10.2 Å². The van der Waals surface area contributed by atoms with E-state index in [0.29, 0.717) is 17.1 Å². The van der Waals surface area contributed by atoms with Crippen LogP contribution in [0.15, 0.2) is 59.6 Å². The molecule has 25 heavy (non-hydrogen) atoms. The molecule has 0 aliphatic carbocycles. The van der Waals surface area contributed by atoms with Gasteiger partial charge in [-0.3, -0.25) is 19.5 Å². The van der Waals surface area contributed by atoms with Crippen LogP contribution in [0.4, 0.5) is 11.4 Å². The van der Waals surface area contributed by atoms with Crippen LogP contribution in [0, 0.1) is 0 Å². The van der Waals surface area contributed by atoms with Gasteiger partial charge in [-0.05, 0) is 32.0 Å². The average Bonchev–Trinajstić information content (AvgIpc) is 2.71. The number of para-hydroxylation sites is 2. The van der Waals surface area contributed by atoms with E-state index in [1.807, 2.05) is 43.3 Å². The van der Waals surface area contributed by atoms with Crippen LogP contribution in [0.25, 0.3) is 0 Å². The summed E-state index contributed by atoms with van der Waals surface area (Å²) in [5, 5.41) is 2.83. The number of amides is 2. The summed E-state index contributed by atoms with van der Waals surface area (Å²) in [6.45, 7) is 3.49. The second kappa shape index (κ2) is 6.86. The monoisotopic (exact) mass is 336 g/mol. The number of nitrogens with two attached hydrogens (primary N) is 1. The smallest absolute Gasteiger partial charge is 0.267 e. The quantitative estimate of drug-likeness (QED) is 0.900. The standard InChI is InChI=1S/C19H20N4O2/c1-12-15-10-6-7-11-16(15)23(19(25)17(20)21-12)13(2)18(24)22-14-8-4-3-5-9-14/h3-11,13,17H,20H2,1-2H3,(H,22,24). The maximum atomic E-state index is 12.8. The molecule has 0 saturated carbocycles. The van der Waals surface area contributed by atoms with E-state index in [-0.39, 0.29) is 5.91 Å². The third-order valence-electron chi connectivity index (χ3n) is 4.18. The molecule has 0 bridgehead atoms. The SMILES string of the molecule is CC1=NC(N)C(=O)N(C(C)C(=O)Nc2ccccc2)c2ccccc21. The summed E-state index contributed by atoms with van der Waals surface area (Å²) in [6, 6.07) is 15.7. The predicted molar refractivity (Wildman–Crippen MR) is 98.6 cm³/mol. The van der Waals surface area contributed by atoms with Gasteiger partial charge in [0.15, 0.2) is 6.17 Å². The Morgan fingerprint density at radius 3 is 2.52 bits per heavy atom. The van der Waals surface area contributed by atoms with Crippen LogP contribution in [-0.2, 0) is 9.59 Å². The minimum atomic E-state index is -1.03. The molecule has 1 heterocycles. The number of carbonyl (C=O) groups is 2. The fourth-order valence-corrected chi connectivity index (χ4v) is 2.87. The van der Waals surface area contributed by atoms with Crippen LogP contribution >= 0.6 is 0 Å². The summed E-state index contributed by atoms with van der Waals surface area (Å²) >= 11 is 0. The van der Waals surface area contributed by atoms with Crippen molar-refractivity contribution in [1.29, 1.82) is 0 Å². The zero-order valence-electron chi connectivity index (χ0n) is 14.1. The van der Waals surface area contributed by atoms with Gasteiger partial charge in [-0.2, -0.15) is 0 Å². The third kappa shape index (κ3) is 3.29. The number of rotatable bonds is 3. The van der Waals surface area contributed by atoms with Gasteiger partial charge >= 0.3 is 0 Å². The minimum absolute atomic E-state index is 0.291. The lowest BCUT2D eigenvalue weighted by atomic mass is 10.1. The van der Waals surface area contributed by atoms with E-state index in [9.17, 15) is 9.59 Å². The van der Waals surface area contributed by atoms with Gasteiger partial charge in [-0.1, -0.05) is 36.4 Å². The van der Waals surface area contributed by atoms with Gasteiger partial charge in [-0.15, -0.1) is 0 Å². The van der Waals surface area contributed by atoms with Crippen LogP contribution in [-0.4, -0.2) is 29.7 Å². The molecule has 1 aliphatic heterocycles. The first-order chi connectivity index (χ1) is 12.0. The van der Waals surface area contributed by atoms with Gasteiger partial charge in [0.25, 0.3) is 5.91 Å². The number of carbonyl (C=O) groups excluding carboxylic acids is 2. The zero-order valence-corrected chi connectivity index (χ0v) is 14.1. The van der Waals surface area contributed by atoms with E-state index >= 15 is 0 Å². The van der Waals surface area contributed by atoms with Gasteiger partial charge in [-0.25, -0.2) is 0 Å². The van der Waals surface area contributed by atoms with Crippen molar-refractivity contribution in [3.63, 3.8) is 0 Å². The lowest BCUT2D eigenvalue weighted by molar-refractivity contribution is -0.124. The molecule has 2 aromatic carbocycles. The number of fused-ring (bicyclic) bond motifs is 1. The Morgan fingerprint density at radius 1 is 1.16 bits per heavy atom. The number of nitrogens with one attached hydrogen (secondary N) is 1. The molecule has 0 spiro atoms. The van der Waals surface area contributed by atoms with Gasteiger partial charge in [0, 0.05) is 17.0 Å². The summed E-state index contributed by atoms with van der Waals surface area (Å²) in [4.78, 5) is 31.1. The number of anilines is 2. The fraction of sp³-hybridized carbons (Fsp3) is 0.211. The van der Waals surface area contributed by atoms with Crippen LogP contribution < -0.4 is 16.0 Å². The molecule has 2 atom stereocenters. The molecule has 3 rings (SSSR count). The number of benzodiazepines with no additional fused rings is 1. The van der Waals surface area contributed by atoms with E-state index in [0.717, 1.165) is 5.56 Å². The fourth-order valence-electron chi connectivity index (χ4n) is 2.87. The Labute approximate surface area is 146 Å². The highest BCUT2D eigenvalue weighted by molar-refractivity contribution is 6.14. The number of hydrogen-bond acceptors (Lipinski definition) is 4. The predicted octanol–water partition coefficient (Wildman–Crippen LogP) is 2.15. The van der Waals surface area contributed by atoms with Crippen molar-refractivity contribution in [2.24, 2.45) is 10.7 Å². The Balaban J connectivity index is 1.95. The van der Waals surface area contributed by atoms with Gasteiger partial charge in [0.2, 0.25) is 5.91 Å². The minimum Gasteiger partial charge on any atom is -0.324 e. The Bertz CT molecular complexity index is 832. The maximum Gasteiger partial charge on any atom is 0.267 e. The summed E-state index contributed by atoms with van der Waals surface area (Å²) in [6.07, 6.45) is -1.03. The second-order valence-corrected chi connectivity index (χ2v) is 5.92. The molecule has 1 aliphatic rings. The largest absolute Gasteiger partial charge is 0.324 e. The topological polar surface area (TPSA) is 87.8 Å². The number of hydrogen-bond donors (Lipinski definition) is 2. The Kier molecular flexibility index (Phi) is 4.63. The first-order valence-corrected chi connectivity index (χ1v) is 8.07. The molecule has 0 radical (unpaired) electrons. The highest BCUT2D eigenvalue weighted by Crippen LogP contribution is 2.27. The van der Waals surface area contributed by atoms with Gasteiger partial charge in [0.05, 0.1) is 5.69 Å². The summed E-state index contributed by atoms with van der Waals surface area (Å²) in [7, 11) is 0. The highest BCUT2D eigenvalue weighted by Gasteiger charge is 2.34. The van der Waals surface area contributed by atoms with Gasteiger partial charge < -0.3 is 11.1 Å². The highest BCUT2D eigenvalue weighted by atomic mass is 16.2. The summed E-state index contributed by atoms with van der Waals surface area (Å²) in [5.41, 5.74) is 8.70. The number of benzene rings is 2. The molecular weight excluding hydrogens is 316 g/mol. The van der Waals surface area contributed by atoms with E-state index in [4.69, 9.17) is 5.73 Å². The normalized spacial score (nSPS) is 18.0. The third-order valence-corrected chi connectivity index (χ3v) is 4.18. The van der Waals surface area contributed by atoms with Crippen LogP contribution in [0.3, 0.4) is 0 Å². The second-order valence-electron chi connectivity index (χ2n) is 5.92. The molecule has 2 amide bonds. The average molecular weight is 336 g/mol. The summed E-state index contributed by atoms with van der Waals surface area (Å²) < 4.78 is 0. The maximum absolute atomic E-state index is 12.8. The Morgan fingerprint density at radius 2 is 1.80 bits per heavy atom. The van der Waals surface area contributed by atoms with Crippen molar-refractivity contribution >= 4 is 28.9 Å². The lowest BCUT2D eigenvalue weighted by Crippen LogP contribution is -2.51. The molecule has 128 valence electrons. The molecule has 2 aromatic rings. The molecule has 0 saturated heterocycles. The van der Waals surface area contributed by atoms with E-state index < -0.39 is 18.1 Å². The first kappa shape index (κ1) is 16.9. The van der Waals surface area contributed by atoms with Crippen LogP contribution in [0.1, 0.15) is 19.4 Å². The molecule has 6 nitrogen and oxygen atoms in total. The number of aliphatic imine (C=N–C) groups is 1. The summed E-state index contributed by atoms with van der Waals surface area (Å²) in [5.74, 6) is -0.693. The molecule has 2 unspecified atom stereocenters. The molecule has 0 fully saturated rings. The lowest BCUT2D eigenvalue weighted by Gasteiger charge is -2.29. The number of nitrogens with zero attached hydrogens (tertiary/aromatic N) is 2. The molecule has 0 aromatic heterocycles. The van der Waals surface area contributed by atoms with E-state index in [1.165, 1.54) is 4.90 Å². The van der Waals surface area contributed by atoms with Crippen molar-refractivity contribution in [1.82, 2.24) is 0 Å². The van der Waals surface area contributed by atoms with Crippen molar-refractivity contribution < 1.29 is 9.59 Å². The van der Waals surface area contributed by atoms with E-state index in [1.54, 1.807) is 25.1 Å². The molecule has 6 heteroatoms. The van der Waals surface area contributed by atoms with Crippen molar-refractivity contribution in [2.45, 2.75) is 26.1 Å². The Hall–Kier alpha value is -2.99. The van der Waals surface area contributed by atoms with E-state index in [2.05, 4.69) is 10.3 Å². The van der Waals surface area contributed by atoms with Gasteiger partial charge in [0.1, 0.15) is 6.04 Å². The van der Waals surface area contributed by atoms with Crippen LogP contribution in [0.5, 0.6) is 0 Å².